The van der Waals surface area contributed by atoms with Crippen molar-refractivity contribution in [1.29, 1.82) is 0 Å². The van der Waals surface area contributed by atoms with Gasteiger partial charge in [0.2, 0.25) is 11.8 Å². The maximum atomic E-state index is 11.9. The van der Waals surface area contributed by atoms with Crippen molar-refractivity contribution in [2.45, 2.75) is 38.5 Å². The van der Waals surface area contributed by atoms with Crippen molar-refractivity contribution in [3.05, 3.63) is 35.7 Å². The molecule has 1 N–H and O–H groups in total. The summed E-state index contributed by atoms with van der Waals surface area (Å²) in [5.74, 6) is 1.97. The fraction of sp³-hybridized carbons (Fsp3) is 0.471. The van der Waals surface area contributed by atoms with Gasteiger partial charge in [0.05, 0.1) is 19.3 Å². The molecule has 0 saturated heterocycles. The van der Waals surface area contributed by atoms with Gasteiger partial charge in [0.1, 0.15) is 5.75 Å². The first-order chi connectivity index (χ1) is 11.5. The van der Waals surface area contributed by atoms with Crippen molar-refractivity contribution >= 4 is 17.7 Å². The van der Waals surface area contributed by atoms with Gasteiger partial charge in [-0.25, -0.2) is 0 Å². The van der Waals surface area contributed by atoms with Crippen LogP contribution in [0.2, 0.25) is 0 Å². The van der Waals surface area contributed by atoms with Crippen molar-refractivity contribution in [1.82, 2.24) is 15.5 Å². The number of carbonyl (C=O) groups is 1. The van der Waals surface area contributed by atoms with Gasteiger partial charge >= 0.3 is 0 Å². The first-order valence-electron chi connectivity index (χ1n) is 7.85. The molecule has 0 aliphatic carbocycles. The summed E-state index contributed by atoms with van der Waals surface area (Å²) >= 11 is 1.25. The molecule has 1 unspecified atom stereocenters. The smallest absolute Gasteiger partial charge is 0.277 e. The highest BCUT2D eigenvalue weighted by Crippen LogP contribution is 2.19. The van der Waals surface area contributed by atoms with E-state index in [4.69, 9.17) is 9.15 Å². The van der Waals surface area contributed by atoms with Crippen LogP contribution in [-0.2, 0) is 11.2 Å². The Morgan fingerprint density at radius 2 is 1.96 bits per heavy atom. The quantitative estimate of drug-likeness (QED) is 0.739. The lowest BCUT2D eigenvalue weighted by molar-refractivity contribution is -0.119. The van der Waals surface area contributed by atoms with Gasteiger partial charge in [-0.1, -0.05) is 37.7 Å². The molecule has 7 heteroatoms. The summed E-state index contributed by atoms with van der Waals surface area (Å²) in [4.78, 5) is 11.9. The number of nitrogens with one attached hydrogen (secondary N) is 1. The van der Waals surface area contributed by atoms with E-state index >= 15 is 0 Å². The number of rotatable bonds is 8. The van der Waals surface area contributed by atoms with Crippen molar-refractivity contribution in [2.24, 2.45) is 5.92 Å². The number of hydrogen-bond acceptors (Lipinski definition) is 6. The summed E-state index contributed by atoms with van der Waals surface area (Å²) in [6.45, 7) is 6.13. The van der Waals surface area contributed by atoms with Crippen LogP contribution in [0.25, 0.3) is 0 Å². The topological polar surface area (TPSA) is 77.2 Å². The van der Waals surface area contributed by atoms with Gasteiger partial charge in [-0.15, -0.1) is 10.2 Å². The predicted molar refractivity (Wildman–Crippen MR) is 93.3 cm³/mol. The maximum absolute atomic E-state index is 11.9. The highest BCUT2D eigenvalue weighted by molar-refractivity contribution is 7.99. The second-order valence-corrected chi connectivity index (χ2v) is 6.80. The van der Waals surface area contributed by atoms with Crippen LogP contribution in [0, 0.1) is 5.92 Å². The van der Waals surface area contributed by atoms with Gasteiger partial charge in [-0.05, 0) is 30.5 Å². The summed E-state index contributed by atoms with van der Waals surface area (Å²) in [5.41, 5.74) is 1.06. The number of aromatic nitrogens is 2. The van der Waals surface area contributed by atoms with E-state index in [0.29, 0.717) is 23.5 Å². The third kappa shape index (κ3) is 5.56. The van der Waals surface area contributed by atoms with E-state index in [-0.39, 0.29) is 17.7 Å². The monoisotopic (exact) mass is 349 g/mol. The normalized spacial score (nSPS) is 12.2. The third-order valence-electron chi connectivity index (χ3n) is 3.68. The van der Waals surface area contributed by atoms with Crippen LogP contribution in [0.5, 0.6) is 5.75 Å². The zero-order valence-corrected chi connectivity index (χ0v) is 15.2. The van der Waals surface area contributed by atoms with E-state index < -0.39 is 0 Å². The van der Waals surface area contributed by atoms with Crippen LogP contribution in [0.1, 0.15) is 32.2 Å². The van der Waals surface area contributed by atoms with Crippen LogP contribution in [0.15, 0.2) is 33.9 Å². The van der Waals surface area contributed by atoms with Gasteiger partial charge in [0, 0.05) is 6.04 Å². The Hall–Kier alpha value is -2.02. The SMILES string of the molecule is COc1ccc(Cc2nnc(SCC(=O)NC(C)C(C)C)o2)cc1. The van der Waals surface area contributed by atoms with Gasteiger partial charge in [-0.2, -0.15) is 0 Å². The standard InChI is InChI=1S/C17H23N3O3S/c1-11(2)12(3)18-15(21)10-24-17-20-19-16(23-17)9-13-5-7-14(22-4)8-6-13/h5-8,11-12H,9-10H2,1-4H3,(H,18,21). The van der Waals surface area contributed by atoms with E-state index in [0.717, 1.165) is 11.3 Å². The molecule has 0 fully saturated rings. The first kappa shape index (κ1) is 18.3. The zero-order chi connectivity index (χ0) is 17.5. The zero-order valence-electron chi connectivity index (χ0n) is 14.4. The molecule has 0 bridgehead atoms. The molecule has 0 aliphatic rings. The van der Waals surface area contributed by atoms with Gasteiger partial charge in [0.25, 0.3) is 5.22 Å². The number of amides is 1. The largest absolute Gasteiger partial charge is 0.497 e. The Morgan fingerprint density at radius 3 is 2.58 bits per heavy atom. The van der Waals surface area contributed by atoms with E-state index in [1.807, 2.05) is 31.2 Å². The van der Waals surface area contributed by atoms with Crippen molar-refractivity contribution in [3.63, 3.8) is 0 Å². The lowest BCUT2D eigenvalue weighted by atomic mass is 10.1. The number of carbonyl (C=O) groups excluding carboxylic acids is 1. The summed E-state index contributed by atoms with van der Waals surface area (Å²) in [5, 5.41) is 11.3. The number of benzene rings is 1. The molecule has 2 aromatic rings. The second-order valence-electron chi connectivity index (χ2n) is 5.88. The van der Waals surface area contributed by atoms with Crippen molar-refractivity contribution < 1.29 is 13.9 Å². The Morgan fingerprint density at radius 1 is 1.25 bits per heavy atom. The molecule has 6 nitrogen and oxygen atoms in total. The minimum Gasteiger partial charge on any atom is -0.497 e. The molecule has 1 aromatic carbocycles. The van der Waals surface area contributed by atoms with Gasteiger partial charge in [0.15, 0.2) is 0 Å². The summed E-state index contributed by atoms with van der Waals surface area (Å²) in [6, 6.07) is 7.84. The number of methoxy groups -OCH3 is 1. The molecule has 2 rings (SSSR count). The second kappa shape index (κ2) is 8.73. The average Bonchev–Trinajstić information content (AvgIpc) is 3.01. The average molecular weight is 349 g/mol. The Bertz CT molecular complexity index is 655. The fourth-order valence-corrected chi connectivity index (χ4v) is 2.47. The van der Waals surface area contributed by atoms with Gasteiger partial charge in [-0.3, -0.25) is 4.79 Å². The van der Waals surface area contributed by atoms with Crippen LogP contribution in [0.4, 0.5) is 0 Å². The minimum atomic E-state index is -0.0314. The van der Waals surface area contributed by atoms with Gasteiger partial charge < -0.3 is 14.5 Å². The lowest BCUT2D eigenvalue weighted by Crippen LogP contribution is -2.37. The highest BCUT2D eigenvalue weighted by atomic mass is 32.2. The molecule has 1 heterocycles. The molecular weight excluding hydrogens is 326 g/mol. The number of nitrogens with zero attached hydrogens (tertiary/aromatic N) is 2. The van der Waals surface area contributed by atoms with Crippen molar-refractivity contribution in [2.75, 3.05) is 12.9 Å². The molecule has 1 atom stereocenters. The predicted octanol–water partition coefficient (Wildman–Crippen LogP) is 2.92. The third-order valence-corrected chi connectivity index (χ3v) is 4.50. The van der Waals surface area contributed by atoms with Crippen LogP contribution in [0.3, 0.4) is 0 Å². The molecule has 24 heavy (non-hydrogen) atoms. The molecule has 0 saturated carbocycles. The van der Waals surface area contributed by atoms with E-state index in [1.54, 1.807) is 7.11 Å². The summed E-state index contributed by atoms with van der Waals surface area (Å²) < 4.78 is 10.7. The Kier molecular flexibility index (Phi) is 6.66. The molecule has 1 aromatic heterocycles. The molecule has 130 valence electrons. The number of ether oxygens (including phenoxy) is 1. The number of hydrogen-bond donors (Lipinski definition) is 1. The molecule has 0 aliphatic heterocycles. The Labute approximate surface area is 146 Å². The highest BCUT2D eigenvalue weighted by Gasteiger charge is 2.13. The van der Waals surface area contributed by atoms with Crippen LogP contribution >= 0.6 is 11.8 Å². The maximum Gasteiger partial charge on any atom is 0.277 e. The Balaban J connectivity index is 1.83. The number of thioether (sulfide) groups is 1. The summed E-state index contributed by atoms with van der Waals surface area (Å²) in [7, 11) is 1.63. The van der Waals surface area contributed by atoms with E-state index in [1.165, 1.54) is 11.8 Å². The summed E-state index contributed by atoms with van der Waals surface area (Å²) in [6.07, 6.45) is 0.550. The molecule has 1 amide bonds. The van der Waals surface area contributed by atoms with E-state index in [9.17, 15) is 4.79 Å². The lowest BCUT2D eigenvalue weighted by Gasteiger charge is -2.16. The molecular formula is C17H23N3O3S. The van der Waals surface area contributed by atoms with Crippen LogP contribution < -0.4 is 10.1 Å². The minimum absolute atomic E-state index is 0.0314. The first-order valence-corrected chi connectivity index (χ1v) is 8.84. The van der Waals surface area contributed by atoms with E-state index in [2.05, 4.69) is 29.4 Å². The fourth-order valence-electron chi connectivity index (χ4n) is 1.88. The van der Waals surface area contributed by atoms with Crippen molar-refractivity contribution in [3.8, 4) is 5.75 Å². The van der Waals surface area contributed by atoms with Crippen LogP contribution in [-0.4, -0.2) is 35.0 Å². The molecule has 0 radical (unpaired) electrons. The molecule has 0 spiro atoms.